The Morgan fingerprint density at radius 3 is 2.88 bits per heavy atom. The quantitative estimate of drug-likeness (QED) is 0.558. The molecule has 8 heavy (non-hydrogen) atoms. The molecule has 0 aromatic carbocycles. The number of oxazole rings is 1. The van der Waals surface area contributed by atoms with E-state index in [-0.39, 0.29) is 5.03 Å². The lowest BCUT2D eigenvalue weighted by atomic mass is 11.0. The lowest BCUT2D eigenvalue weighted by Gasteiger charge is -1.77. The van der Waals surface area contributed by atoms with Crippen LogP contribution in [0.4, 0.5) is 0 Å². The summed E-state index contributed by atoms with van der Waals surface area (Å²) in [5.74, 6) is 0. The molecule has 0 radical (unpaired) electrons. The maximum Gasteiger partial charge on any atom is 0.209 e. The summed E-state index contributed by atoms with van der Waals surface area (Å²) in [4.78, 5) is 3.40. The first-order valence-corrected chi connectivity index (χ1v) is 2.90. The Labute approximate surface area is 47.8 Å². The third kappa shape index (κ3) is 0.932. The van der Waals surface area contributed by atoms with Gasteiger partial charge in [-0.3, -0.25) is 0 Å². The second kappa shape index (κ2) is 2.06. The van der Waals surface area contributed by atoms with Crippen molar-refractivity contribution in [2.45, 2.75) is 5.03 Å². The van der Waals surface area contributed by atoms with Gasteiger partial charge in [0.1, 0.15) is 6.26 Å². The van der Waals surface area contributed by atoms with Crippen LogP contribution in [-0.2, 0) is 11.1 Å². The molecule has 1 heterocycles. The minimum absolute atomic E-state index is 0.0463. The highest BCUT2D eigenvalue weighted by Crippen LogP contribution is 1.96. The summed E-state index contributed by atoms with van der Waals surface area (Å²) in [7, 11) is 0. The van der Waals surface area contributed by atoms with Crippen LogP contribution in [0.5, 0.6) is 0 Å². The van der Waals surface area contributed by atoms with Gasteiger partial charge in [0.2, 0.25) is 11.1 Å². The molecule has 0 saturated heterocycles. The molecule has 1 unspecified atom stereocenters. The molecule has 1 N–H and O–H groups in total. The molecule has 1 aromatic heterocycles. The molecule has 0 aliphatic heterocycles. The lowest BCUT2D eigenvalue weighted by Crippen LogP contribution is -1.85. The van der Waals surface area contributed by atoms with E-state index in [0.29, 0.717) is 0 Å². The minimum Gasteiger partial charge on any atom is -0.450 e. The Balaban J connectivity index is 2.93. The van der Waals surface area contributed by atoms with Crippen LogP contribution in [0, 0.1) is 0 Å². The summed E-state index contributed by atoms with van der Waals surface area (Å²) in [5.41, 5.74) is 0. The standard InChI is InChI=1S/C3H3NO3S/c5-8(6)3-1-7-2-4-3/h1-2H,(H,5,6). The summed E-state index contributed by atoms with van der Waals surface area (Å²) in [6, 6.07) is 0. The van der Waals surface area contributed by atoms with E-state index in [1.807, 2.05) is 0 Å². The number of rotatable bonds is 1. The largest absolute Gasteiger partial charge is 0.450 e. The first kappa shape index (κ1) is 5.46. The SMILES string of the molecule is O=S(O)c1cocn1. The van der Waals surface area contributed by atoms with Crippen LogP contribution in [0.15, 0.2) is 22.1 Å². The fraction of sp³-hybridized carbons (Fsp3) is 0. The zero-order chi connectivity index (χ0) is 5.98. The topological polar surface area (TPSA) is 63.3 Å². The van der Waals surface area contributed by atoms with Gasteiger partial charge < -0.3 is 8.97 Å². The highest BCUT2D eigenvalue weighted by atomic mass is 32.2. The average Bonchev–Trinajstić information content (AvgIpc) is 2.12. The third-order valence-corrected chi connectivity index (χ3v) is 1.15. The Morgan fingerprint density at radius 1 is 1.88 bits per heavy atom. The smallest absolute Gasteiger partial charge is 0.209 e. The number of aromatic nitrogens is 1. The van der Waals surface area contributed by atoms with Gasteiger partial charge in [-0.2, -0.15) is 0 Å². The summed E-state index contributed by atoms with van der Waals surface area (Å²) in [6.07, 6.45) is 2.22. The van der Waals surface area contributed by atoms with E-state index >= 15 is 0 Å². The molecule has 0 saturated carbocycles. The minimum atomic E-state index is -2.00. The molecule has 4 nitrogen and oxygen atoms in total. The van der Waals surface area contributed by atoms with Crippen LogP contribution in [0.25, 0.3) is 0 Å². The Kier molecular flexibility index (Phi) is 1.40. The molecule has 1 atom stereocenters. The van der Waals surface area contributed by atoms with Gasteiger partial charge >= 0.3 is 0 Å². The predicted octanol–water partition coefficient (Wildman–Crippen LogP) is 0.255. The van der Waals surface area contributed by atoms with E-state index in [0.717, 1.165) is 12.7 Å². The molecular formula is C3H3NO3S. The molecule has 0 fully saturated rings. The van der Waals surface area contributed by atoms with Crippen molar-refractivity contribution in [2.75, 3.05) is 0 Å². The fourth-order valence-corrected chi connectivity index (χ4v) is 0.559. The second-order valence-corrected chi connectivity index (χ2v) is 1.99. The number of nitrogens with zero attached hydrogens (tertiary/aromatic N) is 1. The van der Waals surface area contributed by atoms with Crippen molar-refractivity contribution in [2.24, 2.45) is 0 Å². The van der Waals surface area contributed by atoms with Gasteiger partial charge in [-0.15, -0.1) is 0 Å². The normalized spacial score (nSPS) is 13.6. The molecule has 0 aliphatic rings. The van der Waals surface area contributed by atoms with Gasteiger partial charge in [0, 0.05) is 0 Å². The monoisotopic (exact) mass is 133 g/mol. The van der Waals surface area contributed by atoms with Crippen molar-refractivity contribution in [1.82, 2.24) is 4.98 Å². The van der Waals surface area contributed by atoms with Crippen molar-refractivity contribution in [1.29, 1.82) is 0 Å². The van der Waals surface area contributed by atoms with Crippen molar-refractivity contribution in [3.8, 4) is 0 Å². The number of hydrogen-bond acceptors (Lipinski definition) is 3. The summed E-state index contributed by atoms with van der Waals surface area (Å²) in [5, 5.41) is 0.0463. The molecule has 0 aliphatic carbocycles. The van der Waals surface area contributed by atoms with Gasteiger partial charge in [-0.25, -0.2) is 9.19 Å². The van der Waals surface area contributed by atoms with E-state index in [2.05, 4.69) is 9.40 Å². The van der Waals surface area contributed by atoms with Crippen LogP contribution in [0.2, 0.25) is 0 Å². The van der Waals surface area contributed by atoms with Crippen LogP contribution in [-0.4, -0.2) is 13.7 Å². The Bertz CT molecular complexity index is 182. The second-order valence-electron chi connectivity index (χ2n) is 1.08. The van der Waals surface area contributed by atoms with E-state index in [1.54, 1.807) is 0 Å². The molecule has 0 amide bonds. The molecule has 44 valence electrons. The van der Waals surface area contributed by atoms with Gasteiger partial charge in [-0.05, 0) is 0 Å². The van der Waals surface area contributed by atoms with Gasteiger partial charge in [0.05, 0.1) is 0 Å². The summed E-state index contributed by atoms with van der Waals surface area (Å²) >= 11 is -2.00. The first-order chi connectivity index (χ1) is 3.80. The van der Waals surface area contributed by atoms with E-state index in [9.17, 15) is 4.21 Å². The van der Waals surface area contributed by atoms with Crippen molar-refractivity contribution < 1.29 is 13.2 Å². The van der Waals surface area contributed by atoms with Crippen LogP contribution < -0.4 is 0 Å². The number of hydrogen-bond donors (Lipinski definition) is 1. The molecular weight excluding hydrogens is 130 g/mol. The summed E-state index contributed by atoms with van der Waals surface area (Å²) < 4.78 is 22.7. The lowest BCUT2D eigenvalue weighted by molar-refractivity contribution is 0.546. The van der Waals surface area contributed by atoms with Crippen molar-refractivity contribution in [3.63, 3.8) is 0 Å². The summed E-state index contributed by atoms with van der Waals surface area (Å²) in [6.45, 7) is 0. The van der Waals surface area contributed by atoms with Gasteiger partial charge in [0.15, 0.2) is 11.4 Å². The van der Waals surface area contributed by atoms with E-state index in [4.69, 9.17) is 4.55 Å². The molecule has 0 bridgehead atoms. The first-order valence-electron chi connectivity index (χ1n) is 1.80. The van der Waals surface area contributed by atoms with E-state index in [1.165, 1.54) is 0 Å². The fourth-order valence-electron chi connectivity index (χ4n) is 0.288. The Morgan fingerprint density at radius 2 is 2.62 bits per heavy atom. The molecule has 5 heteroatoms. The van der Waals surface area contributed by atoms with Crippen LogP contribution in [0.3, 0.4) is 0 Å². The molecule has 1 aromatic rings. The highest BCUT2D eigenvalue weighted by molar-refractivity contribution is 7.79. The maximum absolute atomic E-state index is 10.1. The van der Waals surface area contributed by atoms with Crippen LogP contribution >= 0.6 is 0 Å². The van der Waals surface area contributed by atoms with Gasteiger partial charge in [0.25, 0.3) is 0 Å². The molecule has 0 spiro atoms. The van der Waals surface area contributed by atoms with Crippen molar-refractivity contribution >= 4 is 11.1 Å². The van der Waals surface area contributed by atoms with Gasteiger partial charge in [-0.1, -0.05) is 0 Å². The van der Waals surface area contributed by atoms with Crippen molar-refractivity contribution in [3.05, 3.63) is 12.7 Å². The molecule has 1 rings (SSSR count). The Hall–Kier alpha value is -0.680. The highest BCUT2D eigenvalue weighted by Gasteiger charge is 1.99. The third-order valence-electron chi connectivity index (χ3n) is 0.589. The van der Waals surface area contributed by atoms with Crippen LogP contribution in [0.1, 0.15) is 0 Å². The van der Waals surface area contributed by atoms with E-state index < -0.39 is 11.1 Å². The zero-order valence-electron chi connectivity index (χ0n) is 3.77. The predicted molar refractivity (Wildman–Crippen MR) is 25.5 cm³/mol. The zero-order valence-corrected chi connectivity index (χ0v) is 4.59. The average molecular weight is 133 g/mol. The maximum atomic E-state index is 10.1.